The van der Waals surface area contributed by atoms with E-state index in [2.05, 4.69) is 0 Å². The third-order valence-electron chi connectivity index (χ3n) is 3.34. The molecular formula is C12H23N3O3. The Hall–Kier alpha value is -0.950. The number of aliphatic hydroxyl groups is 2. The quantitative estimate of drug-likeness (QED) is 0.475. The highest BCUT2D eigenvalue weighted by molar-refractivity contribution is 5.94. The van der Waals surface area contributed by atoms with Crippen molar-refractivity contribution in [3.05, 3.63) is 11.6 Å². The van der Waals surface area contributed by atoms with E-state index in [1.807, 2.05) is 6.92 Å². The zero-order valence-corrected chi connectivity index (χ0v) is 10.7. The smallest absolute Gasteiger partial charge is 0.250 e. The number of hydrogen-bond acceptors (Lipinski definition) is 5. The molecule has 1 aliphatic rings. The predicted molar refractivity (Wildman–Crippen MR) is 68.6 cm³/mol. The molecule has 0 heterocycles. The zero-order chi connectivity index (χ0) is 13.7. The number of rotatable bonds is 5. The van der Waals surface area contributed by atoms with E-state index in [1.54, 1.807) is 6.08 Å². The van der Waals surface area contributed by atoms with Crippen molar-refractivity contribution in [2.24, 2.45) is 17.4 Å². The van der Waals surface area contributed by atoms with Gasteiger partial charge in [-0.25, -0.2) is 0 Å². The fourth-order valence-electron chi connectivity index (χ4n) is 2.20. The standard InChI is InChI=1S/C12H23N3O3/c1-8-10(6-9(13)7-11(8)14)12(18)15(2-4-16)3-5-17/h6,8-9,11,16-17H,2-5,7,13-14H2,1H3. The SMILES string of the molecule is CC1C(C(=O)N(CCO)CCO)=CC(N)CC1N. The minimum atomic E-state index is -0.208. The zero-order valence-electron chi connectivity index (χ0n) is 10.7. The summed E-state index contributed by atoms with van der Waals surface area (Å²) in [5.74, 6) is -0.256. The fraction of sp³-hybridized carbons (Fsp3) is 0.750. The summed E-state index contributed by atoms with van der Waals surface area (Å²) in [6, 6.07) is -0.339. The van der Waals surface area contributed by atoms with Gasteiger partial charge in [0.1, 0.15) is 0 Å². The molecule has 0 radical (unpaired) electrons. The van der Waals surface area contributed by atoms with Crippen LogP contribution < -0.4 is 11.5 Å². The lowest BCUT2D eigenvalue weighted by atomic mass is 9.82. The Morgan fingerprint density at radius 3 is 2.44 bits per heavy atom. The highest BCUT2D eigenvalue weighted by atomic mass is 16.3. The van der Waals surface area contributed by atoms with Crippen molar-refractivity contribution in [3.8, 4) is 0 Å². The van der Waals surface area contributed by atoms with E-state index in [-0.39, 0.29) is 50.2 Å². The summed E-state index contributed by atoms with van der Waals surface area (Å²) in [6.07, 6.45) is 2.41. The van der Waals surface area contributed by atoms with Crippen molar-refractivity contribution < 1.29 is 15.0 Å². The number of aliphatic hydroxyl groups excluding tert-OH is 2. The molecule has 1 rings (SSSR count). The minimum absolute atomic E-state index is 0.0582. The first-order valence-electron chi connectivity index (χ1n) is 6.25. The van der Waals surface area contributed by atoms with Crippen LogP contribution in [0.3, 0.4) is 0 Å². The Bertz CT molecular complexity index is 314. The third-order valence-corrected chi connectivity index (χ3v) is 3.34. The lowest BCUT2D eigenvalue weighted by Crippen LogP contribution is -2.46. The average Bonchev–Trinajstić information content (AvgIpc) is 2.32. The van der Waals surface area contributed by atoms with Crippen molar-refractivity contribution in [2.75, 3.05) is 26.3 Å². The Morgan fingerprint density at radius 2 is 1.94 bits per heavy atom. The van der Waals surface area contributed by atoms with Crippen LogP contribution in [0.15, 0.2) is 11.6 Å². The van der Waals surface area contributed by atoms with Gasteiger partial charge in [-0.05, 0) is 6.42 Å². The van der Waals surface area contributed by atoms with Crippen LogP contribution in [0.1, 0.15) is 13.3 Å². The van der Waals surface area contributed by atoms with E-state index < -0.39 is 0 Å². The molecule has 6 heteroatoms. The Balaban J connectivity index is 2.85. The van der Waals surface area contributed by atoms with Crippen LogP contribution in [0, 0.1) is 5.92 Å². The highest BCUT2D eigenvalue weighted by Crippen LogP contribution is 2.24. The molecule has 0 fully saturated rings. The van der Waals surface area contributed by atoms with Gasteiger partial charge < -0.3 is 26.6 Å². The predicted octanol–water partition coefficient (Wildman–Crippen LogP) is -1.58. The molecule has 3 unspecified atom stereocenters. The molecular weight excluding hydrogens is 234 g/mol. The first kappa shape index (κ1) is 15.1. The summed E-state index contributed by atoms with van der Waals surface area (Å²) < 4.78 is 0. The topological polar surface area (TPSA) is 113 Å². The highest BCUT2D eigenvalue weighted by Gasteiger charge is 2.30. The summed E-state index contributed by atoms with van der Waals surface area (Å²) in [7, 11) is 0. The molecule has 0 aromatic heterocycles. The molecule has 0 aliphatic heterocycles. The maximum atomic E-state index is 12.3. The van der Waals surface area contributed by atoms with Gasteiger partial charge in [0.2, 0.25) is 5.91 Å². The van der Waals surface area contributed by atoms with Gasteiger partial charge in [-0.1, -0.05) is 13.0 Å². The first-order valence-corrected chi connectivity index (χ1v) is 6.25. The molecule has 1 amide bonds. The second-order valence-corrected chi connectivity index (χ2v) is 4.71. The largest absolute Gasteiger partial charge is 0.395 e. The Kier molecular flexibility index (Phi) is 5.74. The molecule has 104 valence electrons. The van der Waals surface area contributed by atoms with Crippen LogP contribution in [-0.4, -0.2) is 59.4 Å². The summed E-state index contributed by atoms with van der Waals surface area (Å²) in [6.45, 7) is 2.04. The molecule has 0 saturated heterocycles. The molecule has 0 saturated carbocycles. The van der Waals surface area contributed by atoms with Gasteiger partial charge in [0.25, 0.3) is 0 Å². The van der Waals surface area contributed by atoms with E-state index in [1.165, 1.54) is 4.90 Å². The van der Waals surface area contributed by atoms with Gasteiger partial charge >= 0.3 is 0 Å². The number of carbonyl (C=O) groups is 1. The van der Waals surface area contributed by atoms with Crippen molar-refractivity contribution in [1.29, 1.82) is 0 Å². The molecule has 1 aliphatic carbocycles. The average molecular weight is 257 g/mol. The molecule has 0 spiro atoms. The van der Waals surface area contributed by atoms with Crippen molar-refractivity contribution in [2.45, 2.75) is 25.4 Å². The van der Waals surface area contributed by atoms with Crippen molar-refractivity contribution in [3.63, 3.8) is 0 Å². The van der Waals surface area contributed by atoms with Gasteiger partial charge in [0.15, 0.2) is 0 Å². The van der Waals surface area contributed by atoms with E-state index in [4.69, 9.17) is 21.7 Å². The fourth-order valence-corrected chi connectivity index (χ4v) is 2.20. The molecule has 6 N–H and O–H groups in total. The summed E-state index contributed by atoms with van der Waals surface area (Å²) in [5.41, 5.74) is 12.4. The molecule has 0 bridgehead atoms. The van der Waals surface area contributed by atoms with Crippen LogP contribution in [0.5, 0.6) is 0 Å². The second kappa shape index (κ2) is 6.84. The van der Waals surface area contributed by atoms with Crippen molar-refractivity contribution in [1.82, 2.24) is 4.90 Å². The number of amides is 1. The van der Waals surface area contributed by atoms with Gasteiger partial charge in [-0.15, -0.1) is 0 Å². The monoisotopic (exact) mass is 257 g/mol. The summed E-state index contributed by atoms with van der Waals surface area (Å²) in [4.78, 5) is 13.7. The lowest BCUT2D eigenvalue weighted by molar-refractivity contribution is -0.128. The van der Waals surface area contributed by atoms with Crippen LogP contribution >= 0.6 is 0 Å². The Morgan fingerprint density at radius 1 is 1.39 bits per heavy atom. The number of nitrogens with zero attached hydrogens (tertiary/aromatic N) is 1. The first-order chi connectivity index (χ1) is 8.51. The van der Waals surface area contributed by atoms with E-state index >= 15 is 0 Å². The number of nitrogens with two attached hydrogens (primary N) is 2. The summed E-state index contributed by atoms with van der Waals surface area (Å²) >= 11 is 0. The van der Waals surface area contributed by atoms with E-state index in [0.717, 1.165) is 0 Å². The molecule has 0 aromatic carbocycles. The van der Waals surface area contributed by atoms with E-state index in [9.17, 15) is 4.79 Å². The molecule has 18 heavy (non-hydrogen) atoms. The molecule has 6 nitrogen and oxygen atoms in total. The van der Waals surface area contributed by atoms with Gasteiger partial charge in [0, 0.05) is 36.7 Å². The van der Waals surface area contributed by atoms with Gasteiger partial charge in [-0.2, -0.15) is 0 Å². The maximum absolute atomic E-state index is 12.3. The lowest BCUT2D eigenvalue weighted by Gasteiger charge is -2.32. The van der Waals surface area contributed by atoms with Gasteiger partial charge in [-0.3, -0.25) is 4.79 Å². The van der Waals surface area contributed by atoms with Crippen molar-refractivity contribution >= 4 is 5.91 Å². The maximum Gasteiger partial charge on any atom is 0.250 e. The van der Waals surface area contributed by atoms with Crippen LogP contribution in [0.4, 0.5) is 0 Å². The van der Waals surface area contributed by atoms with Gasteiger partial charge in [0.05, 0.1) is 13.2 Å². The number of hydrogen-bond donors (Lipinski definition) is 4. The van der Waals surface area contributed by atoms with Crippen LogP contribution in [0.25, 0.3) is 0 Å². The third kappa shape index (κ3) is 3.52. The minimum Gasteiger partial charge on any atom is -0.395 e. The molecule has 0 aromatic rings. The second-order valence-electron chi connectivity index (χ2n) is 4.71. The molecule has 3 atom stereocenters. The van der Waals surface area contributed by atoms with Crippen LogP contribution in [0.2, 0.25) is 0 Å². The normalized spacial score (nSPS) is 27.8. The Labute approximate surface area is 107 Å². The van der Waals surface area contributed by atoms with Crippen LogP contribution in [-0.2, 0) is 4.79 Å². The summed E-state index contributed by atoms with van der Waals surface area (Å²) in [5, 5.41) is 17.9. The van der Waals surface area contributed by atoms with E-state index in [0.29, 0.717) is 12.0 Å². The number of carbonyl (C=O) groups excluding carboxylic acids is 1.